The molecule has 1 aliphatic heterocycles. The summed E-state index contributed by atoms with van der Waals surface area (Å²) in [5.41, 5.74) is 1.17. The van der Waals surface area contributed by atoms with Crippen LogP contribution in [0, 0.1) is 6.92 Å². The average molecular weight is 273 g/mol. The molecule has 1 aromatic heterocycles. The first kappa shape index (κ1) is 13.1. The highest BCUT2D eigenvalue weighted by Crippen LogP contribution is 2.22. The molecule has 1 N–H and O–H groups in total. The number of aromatic nitrogens is 2. The monoisotopic (exact) mass is 273 g/mol. The molecule has 0 amide bonds. The molecule has 20 heavy (non-hydrogen) atoms. The van der Waals surface area contributed by atoms with Gasteiger partial charge in [0.25, 0.3) is 5.89 Å². The molecule has 1 aliphatic rings. The Morgan fingerprint density at radius 3 is 3.00 bits per heavy atom. The van der Waals surface area contributed by atoms with E-state index in [0.29, 0.717) is 18.4 Å². The van der Waals surface area contributed by atoms with Gasteiger partial charge in [-0.15, -0.1) is 0 Å². The first-order valence-corrected chi connectivity index (χ1v) is 7.04. The molecule has 0 radical (unpaired) electrons. The summed E-state index contributed by atoms with van der Waals surface area (Å²) in [7, 11) is 0. The van der Waals surface area contributed by atoms with Gasteiger partial charge in [-0.2, -0.15) is 4.98 Å². The van der Waals surface area contributed by atoms with Crippen molar-refractivity contribution >= 4 is 0 Å². The molecule has 1 saturated heterocycles. The van der Waals surface area contributed by atoms with Crippen molar-refractivity contribution in [3.05, 3.63) is 41.5 Å². The third-order valence-electron chi connectivity index (χ3n) is 3.54. The van der Waals surface area contributed by atoms with E-state index in [-0.39, 0.29) is 0 Å². The predicted octanol–water partition coefficient (Wildman–Crippen LogP) is 2.42. The Kier molecular flexibility index (Phi) is 3.97. The van der Waals surface area contributed by atoms with Gasteiger partial charge in [-0.05, 0) is 50.6 Å². The zero-order valence-corrected chi connectivity index (χ0v) is 11.6. The van der Waals surface area contributed by atoms with Crippen molar-refractivity contribution in [2.45, 2.75) is 32.3 Å². The molecule has 2 heterocycles. The maximum Gasteiger partial charge on any atom is 0.264 e. The van der Waals surface area contributed by atoms with Gasteiger partial charge in [0.05, 0.1) is 0 Å². The van der Waals surface area contributed by atoms with E-state index in [1.54, 1.807) is 0 Å². The number of rotatable bonds is 4. The van der Waals surface area contributed by atoms with Crippen LogP contribution >= 0.6 is 0 Å². The van der Waals surface area contributed by atoms with Crippen molar-refractivity contribution in [1.82, 2.24) is 15.5 Å². The van der Waals surface area contributed by atoms with Crippen LogP contribution in [0.5, 0.6) is 5.75 Å². The highest BCUT2D eigenvalue weighted by Gasteiger charge is 2.20. The van der Waals surface area contributed by atoms with Crippen molar-refractivity contribution in [1.29, 1.82) is 0 Å². The third-order valence-corrected chi connectivity index (χ3v) is 3.54. The van der Waals surface area contributed by atoms with E-state index in [1.165, 1.54) is 5.56 Å². The maximum absolute atomic E-state index is 5.66. The average Bonchev–Trinajstić information content (AvgIpc) is 2.95. The number of ether oxygens (including phenoxy) is 1. The van der Waals surface area contributed by atoms with Gasteiger partial charge in [0, 0.05) is 5.92 Å². The maximum atomic E-state index is 5.66. The summed E-state index contributed by atoms with van der Waals surface area (Å²) in [6, 6.07) is 7.93. The highest BCUT2D eigenvalue weighted by atomic mass is 16.5. The molecule has 5 heteroatoms. The molecule has 0 saturated carbocycles. The fourth-order valence-corrected chi connectivity index (χ4v) is 2.42. The highest BCUT2D eigenvalue weighted by molar-refractivity contribution is 5.27. The second-order valence-electron chi connectivity index (χ2n) is 5.18. The van der Waals surface area contributed by atoms with Crippen molar-refractivity contribution in [2.24, 2.45) is 0 Å². The lowest BCUT2D eigenvalue weighted by Crippen LogP contribution is -2.27. The second-order valence-corrected chi connectivity index (χ2v) is 5.18. The minimum absolute atomic E-state index is 0.321. The second kappa shape index (κ2) is 6.05. The zero-order chi connectivity index (χ0) is 13.8. The summed E-state index contributed by atoms with van der Waals surface area (Å²) in [4.78, 5) is 4.44. The van der Waals surface area contributed by atoms with Gasteiger partial charge in [0.1, 0.15) is 5.75 Å². The topological polar surface area (TPSA) is 60.2 Å². The quantitative estimate of drug-likeness (QED) is 0.927. The molecular weight excluding hydrogens is 254 g/mol. The first-order chi connectivity index (χ1) is 9.81. The van der Waals surface area contributed by atoms with Crippen LogP contribution in [0.4, 0.5) is 0 Å². The number of piperidine rings is 1. The zero-order valence-electron chi connectivity index (χ0n) is 11.6. The fraction of sp³-hybridized carbons (Fsp3) is 0.467. The van der Waals surface area contributed by atoms with Crippen LogP contribution in [0.1, 0.15) is 36.0 Å². The van der Waals surface area contributed by atoms with E-state index < -0.39 is 0 Å². The van der Waals surface area contributed by atoms with E-state index in [4.69, 9.17) is 9.26 Å². The molecule has 5 nitrogen and oxygen atoms in total. The van der Waals surface area contributed by atoms with E-state index in [0.717, 1.165) is 37.5 Å². The number of nitrogens with one attached hydrogen (secondary N) is 1. The SMILES string of the molecule is Cc1cccc(OCc2nc(C3CCNCC3)no2)c1. The summed E-state index contributed by atoms with van der Waals surface area (Å²) >= 11 is 0. The molecular formula is C15H19N3O2. The minimum Gasteiger partial charge on any atom is -0.484 e. The van der Waals surface area contributed by atoms with Crippen LogP contribution in [-0.4, -0.2) is 23.2 Å². The Morgan fingerprint density at radius 1 is 1.35 bits per heavy atom. The third kappa shape index (κ3) is 3.17. The predicted molar refractivity (Wildman–Crippen MR) is 74.7 cm³/mol. The Balaban J connectivity index is 1.59. The van der Waals surface area contributed by atoms with Gasteiger partial charge in [-0.1, -0.05) is 17.3 Å². The number of benzene rings is 1. The van der Waals surface area contributed by atoms with Crippen molar-refractivity contribution in [2.75, 3.05) is 13.1 Å². The molecule has 0 atom stereocenters. The van der Waals surface area contributed by atoms with Crippen molar-refractivity contribution < 1.29 is 9.26 Å². The number of hydrogen-bond donors (Lipinski definition) is 1. The van der Waals surface area contributed by atoms with Gasteiger partial charge in [0.2, 0.25) is 0 Å². The molecule has 0 bridgehead atoms. The molecule has 2 aromatic rings. The van der Waals surface area contributed by atoms with Crippen molar-refractivity contribution in [3.63, 3.8) is 0 Å². The molecule has 0 spiro atoms. The number of nitrogens with zero attached hydrogens (tertiary/aromatic N) is 2. The molecule has 3 rings (SSSR count). The number of aryl methyl sites for hydroxylation is 1. The lowest BCUT2D eigenvalue weighted by molar-refractivity contribution is 0.242. The van der Waals surface area contributed by atoms with Gasteiger partial charge >= 0.3 is 0 Å². The summed E-state index contributed by atoms with van der Waals surface area (Å²) in [5.74, 6) is 2.59. The summed E-state index contributed by atoms with van der Waals surface area (Å²) in [6.07, 6.45) is 2.13. The molecule has 0 aliphatic carbocycles. The standard InChI is InChI=1S/C15H19N3O2/c1-11-3-2-4-13(9-11)19-10-14-17-15(18-20-14)12-5-7-16-8-6-12/h2-4,9,12,16H,5-8,10H2,1H3. The smallest absolute Gasteiger partial charge is 0.264 e. The van der Waals surface area contributed by atoms with Gasteiger partial charge < -0.3 is 14.6 Å². The van der Waals surface area contributed by atoms with Gasteiger partial charge in [-0.25, -0.2) is 0 Å². The van der Waals surface area contributed by atoms with E-state index in [2.05, 4.69) is 15.5 Å². The first-order valence-electron chi connectivity index (χ1n) is 7.04. The van der Waals surface area contributed by atoms with Crippen LogP contribution < -0.4 is 10.1 Å². The summed E-state index contributed by atoms with van der Waals surface area (Å²) in [6.45, 7) is 4.40. The Bertz CT molecular complexity index is 562. The van der Waals surface area contributed by atoms with Crippen molar-refractivity contribution in [3.8, 4) is 5.75 Å². The van der Waals surface area contributed by atoms with E-state index in [9.17, 15) is 0 Å². The number of hydrogen-bond acceptors (Lipinski definition) is 5. The summed E-state index contributed by atoms with van der Waals surface area (Å²) < 4.78 is 10.9. The Labute approximate surface area is 118 Å². The molecule has 1 fully saturated rings. The Hall–Kier alpha value is -1.88. The summed E-state index contributed by atoms with van der Waals surface area (Å²) in [5, 5.41) is 7.41. The lowest BCUT2D eigenvalue weighted by Gasteiger charge is -2.18. The van der Waals surface area contributed by atoms with Crippen LogP contribution in [0.3, 0.4) is 0 Å². The molecule has 0 unspecified atom stereocenters. The van der Waals surface area contributed by atoms with Crippen LogP contribution in [-0.2, 0) is 6.61 Å². The fourth-order valence-electron chi connectivity index (χ4n) is 2.42. The Morgan fingerprint density at radius 2 is 2.20 bits per heavy atom. The lowest BCUT2D eigenvalue weighted by atomic mass is 9.98. The van der Waals surface area contributed by atoms with E-state index >= 15 is 0 Å². The van der Waals surface area contributed by atoms with Gasteiger partial charge in [-0.3, -0.25) is 0 Å². The minimum atomic E-state index is 0.321. The normalized spacial score (nSPS) is 16.2. The molecule has 1 aromatic carbocycles. The van der Waals surface area contributed by atoms with Gasteiger partial charge in [0.15, 0.2) is 12.4 Å². The van der Waals surface area contributed by atoms with E-state index in [1.807, 2.05) is 31.2 Å². The van der Waals surface area contributed by atoms with Crippen LogP contribution in [0.2, 0.25) is 0 Å². The van der Waals surface area contributed by atoms with Crippen LogP contribution in [0.25, 0.3) is 0 Å². The van der Waals surface area contributed by atoms with Crippen LogP contribution in [0.15, 0.2) is 28.8 Å². The largest absolute Gasteiger partial charge is 0.484 e. The molecule has 106 valence electrons.